The van der Waals surface area contributed by atoms with Crippen molar-refractivity contribution >= 4 is 17.9 Å². The molecular weight excluding hydrogens is 618 g/mol. The predicted molar refractivity (Wildman–Crippen MR) is 201 cm³/mol. The van der Waals surface area contributed by atoms with Crippen LogP contribution in [0, 0.1) is 0 Å². The third kappa shape index (κ3) is 31.3. The highest BCUT2D eigenvalue weighted by Gasteiger charge is 2.31. The van der Waals surface area contributed by atoms with E-state index in [4.69, 9.17) is 14.2 Å². The van der Waals surface area contributed by atoms with E-state index in [0.29, 0.717) is 19.3 Å². The first-order valence-electron chi connectivity index (χ1n) is 19.5. The fourth-order valence-corrected chi connectivity index (χ4v) is 5.45. The maximum absolute atomic E-state index is 12.5. The molecular formula is C41H74NO7+. The molecule has 0 aliphatic carbocycles. The lowest BCUT2D eigenvalue weighted by atomic mass is 10.1. The average Bonchev–Trinajstić information content (AvgIpc) is 3.05. The standard InChI is InChI=1S/C41H73NO7/c1-6-8-10-12-14-15-16-17-18-19-20-21-22-23-24-26-27-29-31-39(43)48-36-37(35-47-34-33-38(41(45)46)42(3,4)5)49-40(44)32-30-28-25-13-11-9-7-2/h18-21,25,28,37-38H,6-17,22-24,26-27,29-36H2,1-5H3/p+1/b19-18+,21-20+,28-25+. The Morgan fingerprint density at radius 2 is 1.12 bits per heavy atom. The van der Waals surface area contributed by atoms with E-state index in [1.54, 1.807) is 0 Å². The van der Waals surface area contributed by atoms with Gasteiger partial charge in [0.2, 0.25) is 0 Å². The molecule has 0 aromatic carbocycles. The van der Waals surface area contributed by atoms with Crippen LogP contribution in [0.25, 0.3) is 0 Å². The van der Waals surface area contributed by atoms with Gasteiger partial charge in [0.05, 0.1) is 34.4 Å². The molecule has 0 aromatic heterocycles. The van der Waals surface area contributed by atoms with Gasteiger partial charge >= 0.3 is 17.9 Å². The number of likely N-dealkylation sites (N-methyl/N-ethyl adjacent to an activating group) is 1. The Hall–Kier alpha value is -2.45. The Balaban J connectivity index is 4.33. The largest absolute Gasteiger partial charge is 0.477 e. The Kier molecular flexibility index (Phi) is 31.1. The van der Waals surface area contributed by atoms with E-state index >= 15 is 0 Å². The monoisotopic (exact) mass is 693 g/mol. The summed E-state index contributed by atoms with van der Waals surface area (Å²) in [6, 6.07) is -0.620. The third-order valence-electron chi connectivity index (χ3n) is 8.55. The molecule has 284 valence electrons. The van der Waals surface area contributed by atoms with Crippen molar-refractivity contribution in [1.82, 2.24) is 0 Å². The number of carboxylic acid groups (broad SMARTS) is 1. The van der Waals surface area contributed by atoms with E-state index < -0.39 is 18.1 Å². The second kappa shape index (κ2) is 32.7. The van der Waals surface area contributed by atoms with Crippen molar-refractivity contribution in [1.29, 1.82) is 0 Å². The van der Waals surface area contributed by atoms with Crippen molar-refractivity contribution in [3.63, 3.8) is 0 Å². The van der Waals surface area contributed by atoms with Crippen LogP contribution >= 0.6 is 0 Å². The second-order valence-corrected chi connectivity index (χ2v) is 14.2. The fraction of sp³-hybridized carbons (Fsp3) is 0.780. The van der Waals surface area contributed by atoms with E-state index in [1.165, 1.54) is 64.2 Å². The molecule has 49 heavy (non-hydrogen) atoms. The van der Waals surface area contributed by atoms with Gasteiger partial charge < -0.3 is 23.8 Å². The number of esters is 2. The quantitative estimate of drug-likeness (QED) is 0.0236. The minimum atomic E-state index is -0.885. The molecule has 8 nitrogen and oxygen atoms in total. The molecule has 0 aromatic rings. The van der Waals surface area contributed by atoms with Crippen LogP contribution in [0.2, 0.25) is 0 Å². The molecule has 0 spiro atoms. The highest BCUT2D eigenvalue weighted by Crippen LogP contribution is 2.12. The first-order valence-corrected chi connectivity index (χ1v) is 19.5. The van der Waals surface area contributed by atoms with Crippen LogP contribution in [-0.2, 0) is 28.6 Å². The second-order valence-electron chi connectivity index (χ2n) is 14.2. The lowest BCUT2D eigenvalue weighted by molar-refractivity contribution is -0.887. The van der Waals surface area contributed by atoms with Crippen molar-refractivity contribution in [2.24, 2.45) is 0 Å². The van der Waals surface area contributed by atoms with Gasteiger partial charge in [-0.25, -0.2) is 4.79 Å². The molecule has 0 fully saturated rings. The molecule has 0 aliphatic heterocycles. The number of carbonyl (C=O) groups excluding carboxylic acids is 2. The van der Waals surface area contributed by atoms with Crippen LogP contribution in [0.5, 0.6) is 0 Å². The molecule has 2 unspecified atom stereocenters. The summed E-state index contributed by atoms with van der Waals surface area (Å²) < 4.78 is 17.1. The van der Waals surface area contributed by atoms with Gasteiger partial charge in [-0.3, -0.25) is 9.59 Å². The summed E-state index contributed by atoms with van der Waals surface area (Å²) in [5, 5.41) is 9.56. The van der Waals surface area contributed by atoms with Gasteiger partial charge in [-0.05, 0) is 51.4 Å². The molecule has 0 rings (SSSR count). The maximum Gasteiger partial charge on any atom is 0.362 e. The number of carbonyl (C=O) groups is 3. The number of carboxylic acids is 1. The zero-order valence-corrected chi connectivity index (χ0v) is 32.1. The lowest BCUT2D eigenvalue weighted by Crippen LogP contribution is -2.50. The topological polar surface area (TPSA) is 99.1 Å². The number of quaternary nitrogens is 1. The number of hydrogen-bond acceptors (Lipinski definition) is 6. The predicted octanol–water partition coefficient (Wildman–Crippen LogP) is 9.91. The lowest BCUT2D eigenvalue weighted by Gasteiger charge is -2.31. The number of rotatable bonds is 34. The van der Waals surface area contributed by atoms with Gasteiger partial charge in [-0.1, -0.05) is 121 Å². The summed E-state index contributed by atoms with van der Waals surface area (Å²) >= 11 is 0. The highest BCUT2D eigenvalue weighted by atomic mass is 16.6. The number of unbranched alkanes of at least 4 members (excludes halogenated alkanes) is 15. The summed E-state index contributed by atoms with van der Waals surface area (Å²) in [5.74, 6) is -1.56. The van der Waals surface area contributed by atoms with Crippen LogP contribution in [0.3, 0.4) is 0 Å². The van der Waals surface area contributed by atoms with Crippen LogP contribution in [0.4, 0.5) is 0 Å². The van der Waals surface area contributed by atoms with Crippen molar-refractivity contribution in [3.8, 4) is 0 Å². The number of allylic oxidation sites excluding steroid dienone is 6. The molecule has 0 bridgehead atoms. The minimum absolute atomic E-state index is 0.0405. The molecule has 0 saturated carbocycles. The Morgan fingerprint density at radius 3 is 1.71 bits per heavy atom. The minimum Gasteiger partial charge on any atom is -0.477 e. The van der Waals surface area contributed by atoms with Gasteiger partial charge in [0, 0.05) is 19.3 Å². The van der Waals surface area contributed by atoms with E-state index in [0.717, 1.165) is 51.4 Å². The molecule has 0 heterocycles. The van der Waals surface area contributed by atoms with Crippen LogP contribution in [-0.4, -0.2) is 80.6 Å². The molecule has 8 heteroatoms. The third-order valence-corrected chi connectivity index (χ3v) is 8.55. The van der Waals surface area contributed by atoms with E-state index in [2.05, 4.69) is 44.2 Å². The smallest absolute Gasteiger partial charge is 0.362 e. The number of aliphatic carboxylic acids is 1. The van der Waals surface area contributed by atoms with Gasteiger partial charge in [0.25, 0.3) is 0 Å². The summed E-state index contributed by atoms with van der Waals surface area (Å²) in [7, 11) is 5.49. The molecule has 0 saturated heterocycles. The van der Waals surface area contributed by atoms with Crippen molar-refractivity contribution in [2.75, 3.05) is 41.0 Å². The van der Waals surface area contributed by atoms with Gasteiger partial charge in [0.15, 0.2) is 12.1 Å². The fourth-order valence-electron chi connectivity index (χ4n) is 5.45. The zero-order valence-electron chi connectivity index (χ0n) is 32.1. The van der Waals surface area contributed by atoms with E-state index in [9.17, 15) is 19.5 Å². The highest BCUT2D eigenvalue weighted by molar-refractivity contribution is 5.72. The maximum atomic E-state index is 12.5. The zero-order chi connectivity index (χ0) is 36.4. The molecule has 0 radical (unpaired) electrons. The average molecular weight is 693 g/mol. The summed E-state index contributed by atoms with van der Waals surface area (Å²) in [6.07, 6.45) is 35.0. The van der Waals surface area contributed by atoms with Crippen LogP contribution in [0.15, 0.2) is 36.5 Å². The van der Waals surface area contributed by atoms with Crippen LogP contribution < -0.4 is 0 Å². The normalized spacial score (nSPS) is 13.4. The van der Waals surface area contributed by atoms with Gasteiger partial charge in [-0.15, -0.1) is 0 Å². The molecule has 1 N–H and O–H groups in total. The molecule has 0 aliphatic rings. The van der Waals surface area contributed by atoms with Crippen molar-refractivity contribution in [2.45, 2.75) is 167 Å². The Labute approximate surface area is 300 Å². The summed E-state index contributed by atoms with van der Waals surface area (Å²) in [5.41, 5.74) is 0. The molecule has 2 atom stereocenters. The number of hydrogen-bond donors (Lipinski definition) is 1. The van der Waals surface area contributed by atoms with Crippen molar-refractivity contribution < 1.29 is 38.2 Å². The first kappa shape index (κ1) is 46.5. The summed E-state index contributed by atoms with van der Waals surface area (Å²) in [6.45, 7) is 4.59. The van der Waals surface area contributed by atoms with E-state index in [-0.39, 0.29) is 42.7 Å². The Morgan fingerprint density at radius 1 is 0.612 bits per heavy atom. The Bertz CT molecular complexity index is 906. The van der Waals surface area contributed by atoms with Gasteiger partial charge in [0.1, 0.15) is 6.61 Å². The van der Waals surface area contributed by atoms with Crippen molar-refractivity contribution in [3.05, 3.63) is 36.5 Å². The number of ether oxygens (including phenoxy) is 3. The summed E-state index contributed by atoms with van der Waals surface area (Å²) in [4.78, 5) is 36.6. The molecule has 0 amide bonds. The van der Waals surface area contributed by atoms with E-state index in [1.807, 2.05) is 27.2 Å². The SMILES string of the molecule is CCCCC/C=C/CCC(=O)OC(COCCC(C(=O)O)[N+](C)(C)C)COC(=O)CCCCCCC/C=C/C=C/CCCCCCCCC. The number of nitrogens with zero attached hydrogens (tertiary/aromatic N) is 1. The van der Waals surface area contributed by atoms with Gasteiger partial charge in [-0.2, -0.15) is 0 Å². The first-order chi connectivity index (χ1) is 23.6. The van der Waals surface area contributed by atoms with Crippen LogP contribution in [0.1, 0.15) is 155 Å².